The van der Waals surface area contributed by atoms with E-state index >= 15 is 0 Å². The van der Waals surface area contributed by atoms with Gasteiger partial charge in [0, 0.05) is 5.39 Å². The van der Waals surface area contributed by atoms with Gasteiger partial charge in [0.15, 0.2) is 6.20 Å². The molecule has 0 aliphatic heterocycles. The Labute approximate surface area is 114 Å². The Morgan fingerprint density at radius 3 is 2.61 bits per heavy atom. The SMILES string of the molecule is Cc1ccc2c(-[n+]3ccccc3)ncc(Br)c2c1. The highest BCUT2D eigenvalue weighted by molar-refractivity contribution is 9.10. The largest absolute Gasteiger partial charge is 0.335 e. The molecule has 2 aromatic heterocycles. The van der Waals surface area contributed by atoms with Gasteiger partial charge in [-0.15, -0.1) is 0 Å². The first-order valence-electron chi connectivity index (χ1n) is 5.77. The van der Waals surface area contributed by atoms with Crippen molar-refractivity contribution in [1.82, 2.24) is 4.98 Å². The molecule has 18 heavy (non-hydrogen) atoms. The van der Waals surface area contributed by atoms with Crippen molar-refractivity contribution in [1.29, 1.82) is 0 Å². The number of pyridine rings is 2. The van der Waals surface area contributed by atoms with E-state index in [0.717, 1.165) is 15.7 Å². The van der Waals surface area contributed by atoms with E-state index in [0.29, 0.717) is 0 Å². The van der Waals surface area contributed by atoms with E-state index in [1.54, 1.807) is 0 Å². The molecular weight excluding hydrogens is 288 g/mol. The third-order valence-electron chi connectivity index (χ3n) is 2.93. The molecule has 0 bridgehead atoms. The molecule has 2 heterocycles. The number of halogens is 1. The molecule has 0 saturated carbocycles. The number of rotatable bonds is 1. The Bertz CT molecular complexity index is 708. The predicted molar refractivity (Wildman–Crippen MR) is 75.7 cm³/mol. The first-order valence-corrected chi connectivity index (χ1v) is 6.56. The van der Waals surface area contributed by atoms with E-state index in [-0.39, 0.29) is 0 Å². The maximum absolute atomic E-state index is 4.52. The van der Waals surface area contributed by atoms with E-state index in [1.807, 2.05) is 41.4 Å². The molecule has 0 atom stereocenters. The van der Waals surface area contributed by atoms with Crippen LogP contribution in [-0.2, 0) is 0 Å². The molecule has 0 fully saturated rings. The molecule has 3 heteroatoms. The van der Waals surface area contributed by atoms with E-state index in [9.17, 15) is 0 Å². The Kier molecular flexibility index (Phi) is 2.84. The summed E-state index contributed by atoms with van der Waals surface area (Å²) < 4.78 is 3.06. The van der Waals surface area contributed by atoms with Gasteiger partial charge < -0.3 is 0 Å². The molecule has 0 radical (unpaired) electrons. The fraction of sp³-hybridized carbons (Fsp3) is 0.0667. The van der Waals surface area contributed by atoms with Crippen LogP contribution in [0, 0.1) is 6.92 Å². The zero-order valence-corrected chi connectivity index (χ0v) is 11.6. The zero-order valence-electron chi connectivity index (χ0n) is 9.97. The quantitative estimate of drug-likeness (QED) is 0.628. The van der Waals surface area contributed by atoms with E-state index in [2.05, 4.69) is 46.0 Å². The molecule has 3 aromatic rings. The maximum Gasteiger partial charge on any atom is 0.335 e. The van der Waals surface area contributed by atoms with E-state index in [1.165, 1.54) is 10.9 Å². The maximum atomic E-state index is 4.52. The minimum atomic E-state index is 0.953. The highest BCUT2D eigenvalue weighted by atomic mass is 79.9. The molecule has 0 N–H and O–H groups in total. The third-order valence-corrected chi connectivity index (χ3v) is 3.57. The normalized spacial score (nSPS) is 10.8. The average molecular weight is 300 g/mol. The van der Waals surface area contributed by atoms with Gasteiger partial charge in [0.05, 0.1) is 22.3 Å². The van der Waals surface area contributed by atoms with Crippen LogP contribution in [0.3, 0.4) is 0 Å². The van der Waals surface area contributed by atoms with Crippen molar-refractivity contribution in [3.63, 3.8) is 0 Å². The number of benzene rings is 1. The number of fused-ring (bicyclic) bond motifs is 1. The van der Waals surface area contributed by atoms with Crippen molar-refractivity contribution >= 4 is 26.7 Å². The molecule has 0 unspecified atom stereocenters. The minimum absolute atomic E-state index is 0.953. The first-order chi connectivity index (χ1) is 8.75. The average Bonchev–Trinajstić information content (AvgIpc) is 2.41. The molecule has 0 spiro atoms. The van der Waals surface area contributed by atoms with Gasteiger partial charge in [-0.2, -0.15) is 0 Å². The Balaban J connectivity index is 2.35. The fourth-order valence-corrected chi connectivity index (χ4v) is 2.48. The van der Waals surface area contributed by atoms with Gasteiger partial charge >= 0.3 is 5.82 Å². The molecule has 88 valence electrons. The van der Waals surface area contributed by atoms with Gasteiger partial charge in [-0.25, -0.2) is 4.57 Å². The van der Waals surface area contributed by atoms with Gasteiger partial charge in [-0.1, -0.05) is 17.7 Å². The van der Waals surface area contributed by atoms with Crippen molar-refractivity contribution in [3.05, 3.63) is 65.0 Å². The first kappa shape index (κ1) is 11.4. The second-order valence-electron chi connectivity index (χ2n) is 4.26. The lowest BCUT2D eigenvalue weighted by Gasteiger charge is -2.03. The molecule has 2 nitrogen and oxygen atoms in total. The molecule has 3 rings (SSSR count). The molecule has 1 aromatic carbocycles. The number of nitrogens with zero attached hydrogens (tertiary/aromatic N) is 2. The summed E-state index contributed by atoms with van der Waals surface area (Å²) in [5.74, 6) is 0.953. The Morgan fingerprint density at radius 1 is 1.06 bits per heavy atom. The van der Waals surface area contributed by atoms with Crippen LogP contribution in [0.25, 0.3) is 16.6 Å². The van der Waals surface area contributed by atoms with Crippen LogP contribution >= 0.6 is 15.9 Å². The minimum Gasteiger partial charge on any atom is -0.203 e. The third kappa shape index (κ3) is 1.91. The summed E-state index contributed by atoms with van der Waals surface area (Å²) in [7, 11) is 0. The highest BCUT2D eigenvalue weighted by Crippen LogP contribution is 2.26. The lowest BCUT2D eigenvalue weighted by atomic mass is 10.1. The Hall–Kier alpha value is -1.74. The second kappa shape index (κ2) is 4.50. The fourth-order valence-electron chi connectivity index (χ4n) is 2.05. The van der Waals surface area contributed by atoms with Gasteiger partial charge in [0.1, 0.15) is 0 Å². The van der Waals surface area contributed by atoms with Crippen LogP contribution in [0.1, 0.15) is 5.56 Å². The number of aromatic nitrogens is 2. The van der Waals surface area contributed by atoms with Crippen LogP contribution in [0.5, 0.6) is 0 Å². The van der Waals surface area contributed by atoms with E-state index < -0.39 is 0 Å². The van der Waals surface area contributed by atoms with Gasteiger partial charge in [0.25, 0.3) is 0 Å². The summed E-state index contributed by atoms with van der Waals surface area (Å²) in [5.41, 5.74) is 1.25. The summed E-state index contributed by atoms with van der Waals surface area (Å²) in [6.07, 6.45) is 5.88. The summed E-state index contributed by atoms with van der Waals surface area (Å²) in [5, 5.41) is 2.34. The molecule has 0 amide bonds. The monoisotopic (exact) mass is 299 g/mol. The number of hydrogen-bond acceptors (Lipinski definition) is 1. The van der Waals surface area contributed by atoms with Crippen LogP contribution in [0.4, 0.5) is 0 Å². The summed E-state index contributed by atoms with van der Waals surface area (Å²) >= 11 is 3.57. The van der Waals surface area contributed by atoms with Gasteiger partial charge in [0.2, 0.25) is 0 Å². The Morgan fingerprint density at radius 2 is 1.83 bits per heavy atom. The standard InChI is InChI=1S/C15H12BrN2/c1-11-5-6-12-13(9-11)14(16)10-17-15(12)18-7-3-2-4-8-18/h2-10H,1H3/q+1. The van der Waals surface area contributed by atoms with E-state index in [4.69, 9.17) is 0 Å². The van der Waals surface area contributed by atoms with Crippen LogP contribution in [-0.4, -0.2) is 4.98 Å². The van der Waals surface area contributed by atoms with Crippen molar-refractivity contribution < 1.29 is 4.57 Å². The van der Waals surface area contributed by atoms with Crippen LogP contribution in [0.2, 0.25) is 0 Å². The van der Waals surface area contributed by atoms with Crippen molar-refractivity contribution in [2.24, 2.45) is 0 Å². The molecule has 0 aliphatic carbocycles. The summed E-state index contributed by atoms with van der Waals surface area (Å²) in [4.78, 5) is 4.52. The van der Waals surface area contributed by atoms with Crippen LogP contribution in [0.15, 0.2) is 59.5 Å². The van der Waals surface area contributed by atoms with Gasteiger partial charge in [-0.3, -0.25) is 0 Å². The molecule has 0 saturated heterocycles. The smallest absolute Gasteiger partial charge is 0.203 e. The lowest BCUT2D eigenvalue weighted by molar-refractivity contribution is -0.598. The summed E-state index contributed by atoms with van der Waals surface area (Å²) in [6, 6.07) is 12.4. The number of aryl methyl sites for hydroxylation is 1. The molecule has 0 aliphatic rings. The second-order valence-corrected chi connectivity index (χ2v) is 5.12. The summed E-state index contributed by atoms with van der Waals surface area (Å²) in [6.45, 7) is 2.10. The predicted octanol–water partition coefficient (Wildman–Crippen LogP) is 3.58. The highest BCUT2D eigenvalue weighted by Gasteiger charge is 2.14. The number of hydrogen-bond donors (Lipinski definition) is 0. The lowest BCUT2D eigenvalue weighted by Crippen LogP contribution is -2.30. The zero-order chi connectivity index (χ0) is 12.5. The van der Waals surface area contributed by atoms with Crippen molar-refractivity contribution in [3.8, 4) is 5.82 Å². The van der Waals surface area contributed by atoms with Crippen LogP contribution < -0.4 is 4.57 Å². The topological polar surface area (TPSA) is 16.8 Å². The molecular formula is C15H12BrN2+. The van der Waals surface area contributed by atoms with Crippen molar-refractivity contribution in [2.45, 2.75) is 6.92 Å². The van der Waals surface area contributed by atoms with Gasteiger partial charge in [-0.05, 0) is 52.1 Å². The van der Waals surface area contributed by atoms with Crippen molar-refractivity contribution in [2.75, 3.05) is 0 Å².